The summed E-state index contributed by atoms with van der Waals surface area (Å²) >= 11 is 0. The van der Waals surface area contributed by atoms with E-state index in [0.717, 1.165) is 11.8 Å². The first-order valence-electron chi connectivity index (χ1n) is 8.60. The summed E-state index contributed by atoms with van der Waals surface area (Å²) < 4.78 is 5.32. The molecule has 0 heterocycles. The van der Waals surface area contributed by atoms with Crippen LogP contribution in [0.15, 0.2) is 36.6 Å². The first-order chi connectivity index (χ1) is 9.92. The summed E-state index contributed by atoms with van der Waals surface area (Å²) in [7, 11) is 0. The lowest BCUT2D eigenvalue weighted by Crippen LogP contribution is -2.10. The molecule has 21 heavy (non-hydrogen) atoms. The zero-order chi connectivity index (χ0) is 16.3. The van der Waals surface area contributed by atoms with Crippen molar-refractivity contribution in [3.63, 3.8) is 0 Å². The summed E-state index contributed by atoms with van der Waals surface area (Å²) in [5, 5.41) is 0. The topological polar surface area (TPSA) is 9.23 Å². The van der Waals surface area contributed by atoms with Gasteiger partial charge in [-0.2, -0.15) is 0 Å². The summed E-state index contributed by atoms with van der Waals surface area (Å²) in [5.74, 6) is 2.87. The highest BCUT2D eigenvalue weighted by molar-refractivity contribution is 5.22. The zero-order valence-electron chi connectivity index (χ0n) is 15.0. The quantitative estimate of drug-likeness (QED) is 0.293. The van der Waals surface area contributed by atoms with Gasteiger partial charge < -0.3 is 4.74 Å². The third-order valence-electron chi connectivity index (χ3n) is 4.49. The maximum absolute atomic E-state index is 5.32. The van der Waals surface area contributed by atoms with Crippen LogP contribution in [0.25, 0.3) is 0 Å². The van der Waals surface area contributed by atoms with E-state index in [9.17, 15) is 0 Å². The Bertz CT molecular complexity index is 327. The molecule has 0 aliphatic heterocycles. The number of rotatable bonds is 12. The molecule has 0 spiro atoms. The van der Waals surface area contributed by atoms with Gasteiger partial charge in [0.1, 0.15) is 5.76 Å². The minimum atomic E-state index is 0.525. The number of hydrogen-bond acceptors (Lipinski definition) is 1. The monoisotopic (exact) mass is 292 g/mol. The summed E-state index contributed by atoms with van der Waals surface area (Å²) in [6.45, 7) is 20.0. The minimum Gasteiger partial charge on any atom is -0.495 e. The van der Waals surface area contributed by atoms with E-state index in [1.807, 2.05) is 19.1 Å². The molecule has 0 aliphatic rings. The van der Waals surface area contributed by atoms with Crippen LogP contribution in [0.3, 0.4) is 0 Å². The SMILES string of the molecule is C=C(/C=C\C(=C)C(C)CCC(C)C(C)CCCC)OCC. The fourth-order valence-corrected chi connectivity index (χ4v) is 2.39. The molecule has 0 aromatic heterocycles. The Kier molecular flexibility index (Phi) is 11.1. The standard InChI is InChI=1S/C20H36O/c1-8-10-11-16(3)17(4)12-13-18(5)19(6)14-15-20(7)21-9-2/h14-18H,6-13H2,1-5H3/b15-14-. The van der Waals surface area contributed by atoms with Gasteiger partial charge in [0.15, 0.2) is 0 Å². The van der Waals surface area contributed by atoms with Gasteiger partial charge in [0.05, 0.1) is 6.61 Å². The third-order valence-corrected chi connectivity index (χ3v) is 4.49. The predicted octanol–water partition coefficient (Wildman–Crippen LogP) is 6.53. The summed E-state index contributed by atoms with van der Waals surface area (Å²) in [4.78, 5) is 0. The summed E-state index contributed by atoms with van der Waals surface area (Å²) in [6, 6.07) is 0. The van der Waals surface area contributed by atoms with Crippen LogP contribution in [0.2, 0.25) is 0 Å². The first kappa shape index (κ1) is 20.0. The number of allylic oxidation sites excluding steroid dienone is 3. The Hall–Kier alpha value is -0.980. The van der Waals surface area contributed by atoms with Crippen molar-refractivity contribution in [2.45, 2.75) is 66.7 Å². The maximum atomic E-state index is 5.32. The molecule has 3 atom stereocenters. The van der Waals surface area contributed by atoms with E-state index >= 15 is 0 Å². The van der Waals surface area contributed by atoms with Crippen LogP contribution in [-0.2, 0) is 4.74 Å². The highest BCUT2D eigenvalue weighted by Crippen LogP contribution is 2.26. The molecule has 1 heteroatoms. The Morgan fingerprint density at radius 2 is 1.57 bits per heavy atom. The minimum absolute atomic E-state index is 0.525. The molecule has 0 aromatic rings. The van der Waals surface area contributed by atoms with Gasteiger partial charge >= 0.3 is 0 Å². The molecule has 0 aromatic carbocycles. The largest absolute Gasteiger partial charge is 0.495 e. The molecule has 0 fully saturated rings. The van der Waals surface area contributed by atoms with E-state index < -0.39 is 0 Å². The molecule has 0 aliphatic carbocycles. The van der Waals surface area contributed by atoms with Crippen LogP contribution in [0, 0.1) is 17.8 Å². The van der Waals surface area contributed by atoms with Gasteiger partial charge in [-0.05, 0) is 43.6 Å². The first-order valence-corrected chi connectivity index (χ1v) is 8.60. The lowest BCUT2D eigenvalue weighted by Gasteiger charge is -2.21. The number of ether oxygens (including phenoxy) is 1. The van der Waals surface area contributed by atoms with Gasteiger partial charge in [-0.1, -0.05) is 71.8 Å². The van der Waals surface area contributed by atoms with Gasteiger partial charge in [0.2, 0.25) is 0 Å². The number of hydrogen-bond donors (Lipinski definition) is 0. The summed E-state index contributed by atoms with van der Waals surface area (Å²) in [5.41, 5.74) is 1.17. The van der Waals surface area contributed by atoms with E-state index in [2.05, 4.69) is 40.9 Å². The Morgan fingerprint density at radius 1 is 0.952 bits per heavy atom. The molecule has 3 unspecified atom stereocenters. The van der Waals surface area contributed by atoms with Crippen molar-refractivity contribution in [2.75, 3.05) is 6.61 Å². The highest BCUT2D eigenvalue weighted by atomic mass is 16.5. The lowest BCUT2D eigenvalue weighted by atomic mass is 9.84. The van der Waals surface area contributed by atoms with Crippen molar-refractivity contribution >= 4 is 0 Å². The molecular weight excluding hydrogens is 256 g/mol. The van der Waals surface area contributed by atoms with E-state index in [-0.39, 0.29) is 0 Å². The molecule has 0 radical (unpaired) electrons. The molecule has 0 saturated heterocycles. The Morgan fingerprint density at radius 3 is 2.14 bits per heavy atom. The number of unbranched alkanes of at least 4 members (excludes halogenated alkanes) is 1. The second kappa shape index (κ2) is 11.7. The van der Waals surface area contributed by atoms with Crippen molar-refractivity contribution in [3.8, 4) is 0 Å². The molecule has 0 N–H and O–H groups in total. The fraction of sp³-hybridized carbons (Fsp3) is 0.700. The van der Waals surface area contributed by atoms with Crippen molar-refractivity contribution in [3.05, 3.63) is 36.6 Å². The molecule has 1 nitrogen and oxygen atoms in total. The normalized spacial score (nSPS) is 15.7. The molecular formula is C20H36O. The summed E-state index contributed by atoms with van der Waals surface area (Å²) in [6.07, 6.45) is 10.5. The predicted molar refractivity (Wildman–Crippen MR) is 95.3 cm³/mol. The second-order valence-electron chi connectivity index (χ2n) is 6.38. The molecule has 0 amide bonds. The van der Waals surface area contributed by atoms with E-state index in [4.69, 9.17) is 4.74 Å². The van der Waals surface area contributed by atoms with Crippen LogP contribution < -0.4 is 0 Å². The average molecular weight is 293 g/mol. The van der Waals surface area contributed by atoms with Crippen LogP contribution in [-0.4, -0.2) is 6.61 Å². The Balaban J connectivity index is 4.09. The molecule has 122 valence electrons. The van der Waals surface area contributed by atoms with Gasteiger partial charge in [0, 0.05) is 0 Å². The maximum Gasteiger partial charge on any atom is 0.112 e. The third kappa shape index (κ3) is 9.55. The van der Waals surface area contributed by atoms with Crippen LogP contribution in [0.5, 0.6) is 0 Å². The van der Waals surface area contributed by atoms with Crippen LogP contribution in [0.4, 0.5) is 0 Å². The Labute approximate surface area is 133 Å². The van der Waals surface area contributed by atoms with Gasteiger partial charge in [-0.15, -0.1) is 0 Å². The van der Waals surface area contributed by atoms with Crippen molar-refractivity contribution in [1.82, 2.24) is 0 Å². The van der Waals surface area contributed by atoms with Crippen LogP contribution in [0.1, 0.15) is 66.7 Å². The van der Waals surface area contributed by atoms with Crippen molar-refractivity contribution in [2.24, 2.45) is 17.8 Å². The van der Waals surface area contributed by atoms with Crippen LogP contribution >= 0.6 is 0 Å². The van der Waals surface area contributed by atoms with Gasteiger partial charge in [0.25, 0.3) is 0 Å². The lowest BCUT2D eigenvalue weighted by molar-refractivity contribution is 0.244. The molecule has 0 rings (SSSR count). The molecule has 0 saturated carbocycles. The fourth-order valence-electron chi connectivity index (χ4n) is 2.39. The van der Waals surface area contributed by atoms with E-state index in [1.54, 1.807) is 0 Å². The highest BCUT2D eigenvalue weighted by Gasteiger charge is 2.13. The smallest absolute Gasteiger partial charge is 0.112 e. The van der Waals surface area contributed by atoms with Gasteiger partial charge in [-0.3, -0.25) is 0 Å². The van der Waals surface area contributed by atoms with Gasteiger partial charge in [-0.25, -0.2) is 0 Å². The van der Waals surface area contributed by atoms with E-state index in [0.29, 0.717) is 18.3 Å². The van der Waals surface area contributed by atoms with Crippen molar-refractivity contribution < 1.29 is 4.74 Å². The molecule has 0 bridgehead atoms. The zero-order valence-corrected chi connectivity index (χ0v) is 15.0. The van der Waals surface area contributed by atoms with Crippen molar-refractivity contribution in [1.29, 1.82) is 0 Å². The second-order valence-corrected chi connectivity index (χ2v) is 6.38. The average Bonchev–Trinajstić information content (AvgIpc) is 2.47. The van der Waals surface area contributed by atoms with E-state index in [1.165, 1.54) is 37.7 Å².